The summed E-state index contributed by atoms with van der Waals surface area (Å²) in [5.74, 6) is 0.0801. The molecule has 2 aromatic carbocycles. The average Bonchev–Trinajstić information content (AvgIpc) is 2.83. The van der Waals surface area contributed by atoms with Gasteiger partial charge in [-0.1, -0.05) is 30.7 Å². The lowest BCUT2D eigenvalue weighted by Crippen LogP contribution is -2.39. The maximum atomic E-state index is 12.3. The minimum absolute atomic E-state index is 0.0258. The molecule has 0 radical (unpaired) electrons. The van der Waals surface area contributed by atoms with Crippen LogP contribution in [-0.2, 0) is 11.3 Å². The summed E-state index contributed by atoms with van der Waals surface area (Å²) in [6, 6.07) is 10.8. The number of halogens is 1. The summed E-state index contributed by atoms with van der Waals surface area (Å²) in [7, 11) is 0. The van der Waals surface area contributed by atoms with Gasteiger partial charge in [0.05, 0.1) is 6.54 Å². The molecule has 1 aliphatic rings. The van der Waals surface area contributed by atoms with Crippen LogP contribution < -0.4 is 4.74 Å². The van der Waals surface area contributed by atoms with E-state index in [1.165, 1.54) is 0 Å². The third-order valence-corrected chi connectivity index (χ3v) is 4.49. The van der Waals surface area contributed by atoms with Gasteiger partial charge in [0.2, 0.25) is 0 Å². The lowest BCUT2D eigenvalue weighted by Gasteiger charge is -2.22. The Morgan fingerprint density at radius 2 is 2.12 bits per heavy atom. The average molecular weight is 362 g/mol. The number of phenolic OH excluding ortho intramolecular Hbond substituents is 1. The number of aromatic hydroxyl groups is 1. The SMILES string of the molecule is CC[C@H](O)C(=O)N1CCOc2c(O)cc(-c3cccc(Cl)c3)cc2C1. The summed E-state index contributed by atoms with van der Waals surface area (Å²) >= 11 is 6.05. The van der Waals surface area contributed by atoms with Crippen LogP contribution in [-0.4, -0.2) is 40.3 Å². The maximum absolute atomic E-state index is 12.3. The molecule has 5 nitrogen and oxygen atoms in total. The highest BCUT2D eigenvalue weighted by Crippen LogP contribution is 2.38. The quantitative estimate of drug-likeness (QED) is 0.880. The number of nitrogens with zero attached hydrogens (tertiary/aromatic N) is 1. The molecule has 0 spiro atoms. The molecule has 2 aromatic rings. The van der Waals surface area contributed by atoms with Gasteiger partial charge in [-0.25, -0.2) is 0 Å². The molecule has 2 N–H and O–H groups in total. The Labute approximate surface area is 151 Å². The fraction of sp³-hybridized carbons (Fsp3) is 0.316. The van der Waals surface area contributed by atoms with Crippen LogP contribution in [0.25, 0.3) is 11.1 Å². The van der Waals surface area contributed by atoms with Crippen molar-refractivity contribution in [3.63, 3.8) is 0 Å². The molecular formula is C19H20ClNO4. The van der Waals surface area contributed by atoms with Crippen LogP contribution in [0.15, 0.2) is 36.4 Å². The maximum Gasteiger partial charge on any atom is 0.251 e. The number of fused-ring (bicyclic) bond motifs is 1. The molecule has 1 heterocycles. The number of rotatable bonds is 3. The second-order valence-corrected chi connectivity index (χ2v) is 6.46. The van der Waals surface area contributed by atoms with Crippen molar-refractivity contribution in [3.8, 4) is 22.6 Å². The summed E-state index contributed by atoms with van der Waals surface area (Å²) in [5, 5.41) is 20.8. The van der Waals surface area contributed by atoms with Gasteiger partial charge in [0, 0.05) is 17.1 Å². The van der Waals surface area contributed by atoms with Crippen molar-refractivity contribution in [2.45, 2.75) is 26.0 Å². The predicted octanol–water partition coefficient (Wildman–Crippen LogP) is 3.20. The highest BCUT2D eigenvalue weighted by atomic mass is 35.5. The van der Waals surface area contributed by atoms with Crippen LogP contribution in [0.4, 0.5) is 0 Å². The summed E-state index contributed by atoms with van der Waals surface area (Å²) in [5.41, 5.74) is 2.35. The van der Waals surface area contributed by atoms with E-state index in [9.17, 15) is 15.0 Å². The van der Waals surface area contributed by atoms with Crippen molar-refractivity contribution < 1.29 is 19.7 Å². The van der Waals surface area contributed by atoms with Gasteiger partial charge in [-0.05, 0) is 41.8 Å². The predicted molar refractivity (Wildman–Crippen MR) is 95.8 cm³/mol. The molecule has 0 saturated carbocycles. The van der Waals surface area contributed by atoms with E-state index in [2.05, 4.69) is 0 Å². The van der Waals surface area contributed by atoms with Crippen LogP contribution >= 0.6 is 11.6 Å². The zero-order valence-corrected chi connectivity index (χ0v) is 14.7. The number of phenols is 1. The smallest absolute Gasteiger partial charge is 0.251 e. The Hall–Kier alpha value is -2.24. The van der Waals surface area contributed by atoms with E-state index in [1.54, 1.807) is 24.0 Å². The van der Waals surface area contributed by atoms with E-state index < -0.39 is 6.10 Å². The second-order valence-electron chi connectivity index (χ2n) is 6.03. The Bertz CT molecular complexity index is 793. The zero-order chi connectivity index (χ0) is 18.0. The van der Waals surface area contributed by atoms with Gasteiger partial charge >= 0.3 is 0 Å². The molecule has 1 atom stereocenters. The summed E-state index contributed by atoms with van der Waals surface area (Å²) < 4.78 is 5.64. The number of hydrogen-bond acceptors (Lipinski definition) is 4. The molecule has 0 saturated heterocycles. The summed E-state index contributed by atoms with van der Waals surface area (Å²) in [4.78, 5) is 13.9. The molecule has 3 rings (SSSR count). The topological polar surface area (TPSA) is 70.0 Å². The van der Waals surface area contributed by atoms with Crippen LogP contribution in [0.5, 0.6) is 11.5 Å². The molecule has 1 aliphatic heterocycles. The van der Waals surface area contributed by atoms with Crippen molar-refractivity contribution in [1.82, 2.24) is 4.90 Å². The van der Waals surface area contributed by atoms with Gasteiger partial charge in [0.25, 0.3) is 5.91 Å². The number of carbonyl (C=O) groups excluding carboxylic acids is 1. The minimum atomic E-state index is -1.02. The van der Waals surface area contributed by atoms with E-state index in [1.807, 2.05) is 24.3 Å². The molecule has 0 aliphatic carbocycles. The molecule has 132 valence electrons. The number of amides is 1. The number of hydrogen-bond donors (Lipinski definition) is 2. The molecule has 0 unspecified atom stereocenters. The largest absolute Gasteiger partial charge is 0.504 e. The van der Waals surface area contributed by atoms with Crippen molar-refractivity contribution in [1.29, 1.82) is 0 Å². The summed E-state index contributed by atoms with van der Waals surface area (Å²) in [6.45, 7) is 2.65. The number of carbonyl (C=O) groups is 1. The number of benzene rings is 2. The van der Waals surface area contributed by atoms with Crippen molar-refractivity contribution >= 4 is 17.5 Å². The van der Waals surface area contributed by atoms with Crippen LogP contribution in [0.1, 0.15) is 18.9 Å². The number of aliphatic hydroxyl groups excluding tert-OH is 1. The third kappa shape index (κ3) is 3.72. The van der Waals surface area contributed by atoms with E-state index in [4.69, 9.17) is 16.3 Å². The highest BCUT2D eigenvalue weighted by Gasteiger charge is 2.26. The number of aliphatic hydroxyl groups is 1. The van der Waals surface area contributed by atoms with Crippen LogP contribution in [0.3, 0.4) is 0 Å². The normalized spacial score (nSPS) is 15.1. The zero-order valence-electron chi connectivity index (χ0n) is 13.9. The van der Waals surface area contributed by atoms with Gasteiger partial charge in [-0.3, -0.25) is 4.79 Å². The first-order chi connectivity index (χ1) is 12.0. The van der Waals surface area contributed by atoms with E-state index in [0.717, 1.165) is 11.1 Å². The molecule has 1 amide bonds. The number of ether oxygens (including phenoxy) is 1. The molecular weight excluding hydrogens is 342 g/mol. The van der Waals surface area contributed by atoms with Gasteiger partial charge in [0.15, 0.2) is 11.5 Å². The minimum Gasteiger partial charge on any atom is -0.504 e. The van der Waals surface area contributed by atoms with Gasteiger partial charge in [0.1, 0.15) is 12.7 Å². The Balaban J connectivity index is 1.98. The van der Waals surface area contributed by atoms with Crippen molar-refractivity contribution in [3.05, 3.63) is 47.0 Å². The van der Waals surface area contributed by atoms with E-state index in [-0.39, 0.29) is 24.8 Å². The van der Waals surface area contributed by atoms with Crippen LogP contribution in [0.2, 0.25) is 5.02 Å². The Kier molecular flexibility index (Phi) is 5.16. The second kappa shape index (κ2) is 7.33. The van der Waals surface area contributed by atoms with E-state index >= 15 is 0 Å². The lowest BCUT2D eigenvalue weighted by atomic mass is 10.0. The van der Waals surface area contributed by atoms with Crippen LogP contribution in [0, 0.1) is 0 Å². The lowest BCUT2D eigenvalue weighted by molar-refractivity contribution is -0.141. The Morgan fingerprint density at radius 3 is 2.84 bits per heavy atom. The Morgan fingerprint density at radius 1 is 1.32 bits per heavy atom. The fourth-order valence-electron chi connectivity index (χ4n) is 2.91. The fourth-order valence-corrected chi connectivity index (χ4v) is 3.10. The first-order valence-corrected chi connectivity index (χ1v) is 8.59. The standard InChI is InChI=1S/C19H20ClNO4/c1-2-16(22)19(24)21-6-7-25-18-14(11-21)8-13(10-17(18)23)12-4-3-5-15(20)9-12/h3-5,8-10,16,22-23H,2,6-7,11H2,1H3/t16-/m0/s1. The van der Waals surface area contributed by atoms with Gasteiger partial charge in [-0.15, -0.1) is 0 Å². The third-order valence-electron chi connectivity index (χ3n) is 4.26. The summed E-state index contributed by atoms with van der Waals surface area (Å²) in [6.07, 6.45) is -0.664. The first kappa shape index (κ1) is 17.6. The molecule has 0 fully saturated rings. The highest BCUT2D eigenvalue weighted by molar-refractivity contribution is 6.30. The van der Waals surface area contributed by atoms with Crippen molar-refractivity contribution in [2.24, 2.45) is 0 Å². The molecule has 6 heteroatoms. The van der Waals surface area contributed by atoms with E-state index in [0.29, 0.717) is 29.3 Å². The monoisotopic (exact) mass is 361 g/mol. The molecule has 0 bridgehead atoms. The van der Waals surface area contributed by atoms with Gasteiger partial charge in [-0.2, -0.15) is 0 Å². The van der Waals surface area contributed by atoms with Gasteiger partial charge < -0.3 is 19.8 Å². The first-order valence-electron chi connectivity index (χ1n) is 8.21. The molecule has 0 aromatic heterocycles. The molecule has 25 heavy (non-hydrogen) atoms. The van der Waals surface area contributed by atoms with Crippen molar-refractivity contribution in [2.75, 3.05) is 13.2 Å².